The third-order valence-electron chi connectivity index (χ3n) is 7.07. The zero-order valence-corrected chi connectivity index (χ0v) is 22.6. The molecule has 2 aliphatic heterocycles. The van der Waals surface area contributed by atoms with Crippen LogP contribution in [0.25, 0.3) is 5.52 Å². The second-order valence-corrected chi connectivity index (χ2v) is 11.0. The number of carbonyl (C=O) groups excluding carboxylic acids is 2. The van der Waals surface area contributed by atoms with E-state index in [0.717, 1.165) is 11.1 Å². The Morgan fingerprint density at radius 1 is 0.974 bits per heavy atom. The molecule has 2 aliphatic rings. The lowest BCUT2D eigenvalue weighted by molar-refractivity contribution is -0.135. The van der Waals surface area contributed by atoms with E-state index < -0.39 is 28.4 Å². The summed E-state index contributed by atoms with van der Waals surface area (Å²) in [7, 11) is 0. The van der Waals surface area contributed by atoms with E-state index in [2.05, 4.69) is 20.7 Å². The average Bonchev–Trinajstić information content (AvgIpc) is 3.48. The molecule has 1 aromatic carbocycles. The van der Waals surface area contributed by atoms with Crippen LogP contribution in [0.1, 0.15) is 51.7 Å². The Kier molecular flexibility index (Phi) is 6.66. The Labute approximate surface area is 228 Å². The highest BCUT2D eigenvalue weighted by Gasteiger charge is 2.44. The molecule has 9 nitrogen and oxygen atoms in total. The summed E-state index contributed by atoms with van der Waals surface area (Å²) in [6, 6.07) is 6.26. The van der Waals surface area contributed by atoms with Gasteiger partial charge in [0, 0.05) is 23.9 Å². The molecule has 39 heavy (non-hydrogen) atoms. The maximum Gasteiger partial charge on any atom is 0.254 e. The number of unbranched alkanes of at least 4 members (excludes halogenated alkanes) is 1. The molecule has 0 saturated carbocycles. The van der Waals surface area contributed by atoms with Crippen LogP contribution in [0.15, 0.2) is 46.9 Å². The molecule has 12 heteroatoms. The smallest absolute Gasteiger partial charge is 0.254 e. The molecule has 204 valence electrons. The number of nitrogens with one attached hydrogen (secondary N) is 1. The lowest BCUT2D eigenvalue weighted by Gasteiger charge is -2.19. The van der Waals surface area contributed by atoms with E-state index in [4.69, 9.17) is 16.3 Å². The summed E-state index contributed by atoms with van der Waals surface area (Å²) in [6.07, 6.45) is 4.37. The lowest BCUT2D eigenvalue weighted by atomic mass is 9.83. The van der Waals surface area contributed by atoms with Gasteiger partial charge in [-0.15, -0.1) is 0 Å². The maximum absolute atomic E-state index is 14.8. The van der Waals surface area contributed by atoms with Crippen LogP contribution < -0.4 is 10.2 Å². The van der Waals surface area contributed by atoms with Crippen LogP contribution in [0.4, 0.5) is 8.78 Å². The number of ether oxygens (including phenoxy) is 1. The molecular formula is C27H27ClF2N6O3. The quantitative estimate of drug-likeness (QED) is 0.411. The zero-order chi connectivity index (χ0) is 28.1. The molecule has 0 saturated heterocycles. The molecule has 0 fully saturated rings. The molecule has 0 unspecified atom stereocenters. The monoisotopic (exact) mass is 556 g/mol. The molecule has 0 atom stereocenters. The fourth-order valence-electron chi connectivity index (χ4n) is 4.66. The van der Waals surface area contributed by atoms with Gasteiger partial charge in [-0.1, -0.05) is 11.6 Å². The van der Waals surface area contributed by atoms with Gasteiger partial charge >= 0.3 is 0 Å². The van der Waals surface area contributed by atoms with Crippen LogP contribution in [0.5, 0.6) is 5.75 Å². The van der Waals surface area contributed by atoms with E-state index in [0.29, 0.717) is 30.1 Å². The average molecular weight is 557 g/mol. The minimum atomic E-state index is -1.15. The summed E-state index contributed by atoms with van der Waals surface area (Å²) in [5.41, 5.74) is 2.56. The van der Waals surface area contributed by atoms with Gasteiger partial charge in [0.1, 0.15) is 0 Å². The molecule has 2 aromatic heterocycles. The number of halogens is 3. The van der Waals surface area contributed by atoms with Crippen molar-refractivity contribution in [2.45, 2.75) is 40.5 Å². The van der Waals surface area contributed by atoms with Crippen molar-refractivity contribution in [2.24, 2.45) is 21.0 Å². The van der Waals surface area contributed by atoms with Crippen LogP contribution >= 0.6 is 11.6 Å². The normalized spacial score (nSPS) is 18.0. The maximum atomic E-state index is 14.8. The molecular weight excluding hydrogens is 530 g/mol. The highest BCUT2D eigenvalue weighted by atomic mass is 35.5. The second-order valence-electron chi connectivity index (χ2n) is 10.6. The molecule has 4 heterocycles. The number of hydrazone groups is 2. The summed E-state index contributed by atoms with van der Waals surface area (Å²) in [4.78, 5) is 25.0. The Hall–Kier alpha value is -3.86. The number of benzene rings is 1. The van der Waals surface area contributed by atoms with E-state index in [1.165, 1.54) is 17.1 Å². The summed E-state index contributed by atoms with van der Waals surface area (Å²) < 4.78 is 36.7. The van der Waals surface area contributed by atoms with Crippen LogP contribution in [0.3, 0.4) is 0 Å². The molecule has 2 amide bonds. The van der Waals surface area contributed by atoms with E-state index >= 15 is 0 Å². The molecule has 0 bridgehead atoms. The van der Waals surface area contributed by atoms with Crippen LogP contribution in [0.2, 0.25) is 5.02 Å². The van der Waals surface area contributed by atoms with Gasteiger partial charge in [-0.2, -0.15) is 19.7 Å². The van der Waals surface area contributed by atoms with Crippen LogP contribution in [-0.4, -0.2) is 51.0 Å². The van der Waals surface area contributed by atoms with E-state index in [9.17, 15) is 18.4 Å². The van der Waals surface area contributed by atoms with Gasteiger partial charge in [0.05, 0.1) is 45.6 Å². The van der Waals surface area contributed by atoms with Crippen molar-refractivity contribution in [1.29, 1.82) is 0 Å². The first kappa shape index (κ1) is 26.7. The predicted octanol–water partition coefficient (Wildman–Crippen LogP) is 4.56. The van der Waals surface area contributed by atoms with Crippen molar-refractivity contribution in [3.63, 3.8) is 0 Å². The van der Waals surface area contributed by atoms with Crippen LogP contribution in [-0.2, 0) is 9.59 Å². The molecule has 5 rings (SSSR count). The lowest BCUT2D eigenvalue weighted by Crippen LogP contribution is -2.35. The van der Waals surface area contributed by atoms with E-state index in [1.54, 1.807) is 36.8 Å². The zero-order valence-electron chi connectivity index (χ0n) is 21.9. The number of amides is 2. The summed E-state index contributed by atoms with van der Waals surface area (Å²) in [5, 5.41) is 14.8. The summed E-state index contributed by atoms with van der Waals surface area (Å²) in [5.74, 6) is -3.04. The van der Waals surface area contributed by atoms with E-state index in [-0.39, 0.29) is 29.5 Å². The molecule has 0 radical (unpaired) electrons. The number of aromatic nitrogens is 2. The SMILES string of the molecule is CC1(C)C(=O)NN=C1c1ccc(OCCCCN2N=C(c3cnn4cc(Cl)ccc34)C(C)(C)C2=O)c(F)c1F. The minimum Gasteiger partial charge on any atom is -0.490 e. The highest BCUT2D eigenvalue weighted by molar-refractivity contribution is 6.30. The standard InChI is InChI=1S/C27H27ClF2N6O3/c1-26(2)22(32-33-24(26)37)16-8-10-19(21(30)20(16)29)39-12-6-5-11-35-25(38)27(3,4)23(34-35)17-13-31-36-14-15(28)7-9-18(17)36/h7-10,13-14H,5-6,11-12H2,1-4H3,(H,33,37). The van der Waals surface area contributed by atoms with Gasteiger partial charge in [0.15, 0.2) is 11.6 Å². The Balaban J connectivity index is 1.20. The molecule has 0 spiro atoms. The molecule has 3 aromatic rings. The fourth-order valence-corrected chi connectivity index (χ4v) is 4.82. The third-order valence-corrected chi connectivity index (χ3v) is 7.29. The topological polar surface area (TPSA) is 101 Å². The first-order chi connectivity index (χ1) is 18.4. The Bertz CT molecular complexity index is 1560. The van der Waals surface area contributed by atoms with Gasteiger partial charge in [-0.25, -0.2) is 19.3 Å². The molecule has 0 aliphatic carbocycles. The van der Waals surface area contributed by atoms with Crippen molar-refractivity contribution in [2.75, 3.05) is 13.2 Å². The van der Waals surface area contributed by atoms with Crippen molar-refractivity contribution >= 4 is 40.4 Å². The van der Waals surface area contributed by atoms with Crippen molar-refractivity contribution in [3.05, 3.63) is 64.4 Å². The predicted molar refractivity (Wildman–Crippen MR) is 142 cm³/mol. The summed E-state index contributed by atoms with van der Waals surface area (Å²) in [6.45, 7) is 7.26. The Morgan fingerprint density at radius 3 is 2.46 bits per heavy atom. The van der Waals surface area contributed by atoms with Gasteiger partial charge < -0.3 is 4.74 Å². The number of carbonyl (C=O) groups is 2. The highest BCUT2D eigenvalue weighted by Crippen LogP contribution is 2.34. The number of nitrogens with zero attached hydrogens (tertiary/aromatic N) is 5. The number of rotatable bonds is 8. The van der Waals surface area contributed by atoms with Crippen molar-refractivity contribution < 1.29 is 23.1 Å². The summed E-state index contributed by atoms with van der Waals surface area (Å²) >= 11 is 6.06. The first-order valence-corrected chi connectivity index (χ1v) is 12.8. The first-order valence-electron chi connectivity index (χ1n) is 12.5. The van der Waals surface area contributed by atoms with Gasteiger partial charge in [-0.3, -0.25) is 9.59 Å². The Morgan fingerprint density at radius 2 is 1.74 bits per heavy atom. The van der Waals surface area contributed by atoms with E-state index in [1.807, 2.05) is 19.9 Å². The van der Waals surface area contributed by atoms with Crippen molar-refractivity contribution in [3.8, 4) is 5.75 Å². The van der Waals surface area contributed by atoms with Crippen LogP contribution in [0, 0.1) is 22.5 Å². The van der Waals surface area contributed by atoms with Crippen molar-refractivity contribution in [1.82, 2.24) is 20.0 Å². The number of hydrogen-bond donors (Lipinski definition) is 1. The number of hydrogen-bond acceptors (Lipinski definition) is 6. The number of fused-ring (bicyclic) bond motifs is 1. The minimum absolute atomic E-state index is 0.0960. The largest absolute Gasteiger partial charge is 0.490 e. The molecule has 1 N–H and O–H groups in total. The second kappa shape index (κ2) is 9.71. The number of pyridine rings is 1. The van der Waals surface area contributed by atoms with Gasteiger partial charge in [0.25, 0.3) is 11.8 Å². The third kappa shape index (κ3) is 4.54. The fraction of sp³-hybridized carbons (Fsp3) is 0.370. The van der Waals surface area contributed by atoms with Gasteiger partial charge in [-0.05, 0) is 64.8 Å². The van der Waals surface area contributed by atoms with Gasteiger partial charge in [0.2, 0.25) is 5.82 Å².